The lowest BCUT2D eigenvalue weighted by Crippen LogP contribution is -2.26. The van der Waals surface area contributed by atoms with Gasteiger partial charge in [-0.15, -0.1) is 0 Å². The molecule has 2 aromatic rings. The van der Waals surface area contributed by atoms with Crippen LogP contribution >= 0.6 is 23.2 Å². The zero-order valence-corrected chi connectivity index (χ0v) is 10.7. The maximum Gasteiger partial charge on any atom is 0.273 e. The van der Waals surface area contributed by atoms with Gasteiger partial charge in [-0.05, 0) is 6.07 Å². The first-order valence-corrected chi connectivity index (χ1v) is 5.91. The molecule has 7 heteroatoms. The number of nitrogens with zero attached hydrogens (tertiary/aromatic N) is 3. The fourth-order valence-corrected chi connectivity index (χ4v) is 1.75. The lowest BCUT2D eigenvalue weighted by Gasteiger charge is -2.07. The molecule has 2 rings (SSSR count). The summed E-state index contributed by atoms with van der Waals surface area (Å²) in [7, 11) is 0. The minimum Gasteiger partial charge on any atom is -0.314 e. The molecule has 2 heterocycles. The van der Waals surface area contributed by atoms with Gasteiger partial charge in [0.1, 0.15) is 5.02 Å². The van der Waals surface area contributed by atoms with Crippen molar-refractivity contribution in [1.29, 1.82) is 0 Å². The molecule has 2 aromatic heterocycles. The van der Waals surface area contributed by atoms with E-state index in [0.717, 1.165) is 0 Å². The number of aryl methyl sites for hydroxylation is 2. The SMILES string of the molecule is O=c1ccccn1CCn1cnc(Cl)c(Cl)c1=O. The largest absolute Gasteiger partial charge is 0.314 e. The quantitative estimate of drug-likeness (QED) is 0.802. The second kappa shape index (κ2) is 5.37. The zero-order chi connectivity index (χ0) is 13.1. The van der Waals surface area contributed by atoms with Crippen LogP contribution in [-0.4, -0.2) is 14.1 Å². The van der Waals surface area contributed by atoms with Crippen molar-refractivity contribution in [2.24, 2.45) is 0 Å². The smallest absolute Gasteiger partial charge is 0.273 e. The van der Waals surface area contributed by atoms with Crippen LogP contribution in [0.3, 0.4) is 0 Å². The molecule has 0 aliphatic heterocycles. The second-order valence-electron chi connectivity index (χ2n) is 3.58. The van der Waals surface area contributed by atoms with Gasteiger partial charge in [0.25, 0.3) is 11.1 Å². The van der Waals surface area contributed by atoms with Crippen LogP contribution in [0.4, 0.5) is 0 Å². The Morgan fingerprint density at radius 3 is 2.56 bits per heavy atom. The summed E-state index contributed by atoms with van der Waals surface area (Å²) in [5, 5.41) is -0.130. The van der Waals surface area contributed by atoms with Gasteiger partial charge in [0.2, 0.25) is 0 Å². The average molecular weight is 286 g/mol. The Balaban J connectivity index is 2.22. The van der Waals surface area contributed by atoms with E-state index in [1.165, 1.54) is 21.5 Å². The van der Waals surface area contributed by atoms with E-state index in [0.29, 0.717) is 13.1 Å². The van der Waals surface area contributed by atoms with Crippen LogP contribution < -0.4 is 11.1 Å². The van der Waals surface area contributed by atoms with Crippen LogP contribution in [0.1, 0.15) is 0 Å². The molecule has 0 atom stereocenters. The summed E-state index contributed by atoms with van der Waals surface area (Å²) < 4.78 is 2.81. The average Bonchev–Trinajstić information content (AvgIpc) is 2.37. The number of hydrogen-bond donors (Lipinski definition) is 0. The molecule has 0 fully saturated rings. The van der Waals surface area contributed by atoms with Crippen molar-refractivity contribution < 1.29 is 0 Å². The van der Waals surface area contributed by atoms with Crippen molar-refractivity contribution in [2.75, 3.05) is 0 Å². The normalized spacial score (nSPS) is 10.6. The molecule has 0 aromatic carbocycles. The van der Waals surface area contributed by atoms with Crippen molar-refractivity contribution in [3.8, 4) is 0 Å². The summed E-state index contributed by atoms with van der Waals surface area (Å²) in [4.78, 5) is 27.0. The highest BCUT2D eigenvalue weighted by Gasteiger charge is 2.07. The van der Waals surface area contributed by atoms with Crippen LogP contribution in [0.25, 0.3) is 0 Å². The van der Waals surface area contributed by atoms with Gasteiger partial charge < -0.3 is 4.57 Å². The van der Waals surface area contributed by atoms with E-state index in [-0.39, 0.29) is 15.7 Å². The first-order valence-electron chi connectivity index (χ1n) is 5.15. The molecule has 18 heavy (non-hydrogen) atoms. The van der Waals surface area contributed by atoms with Crippen molar-refractivity contribution >= 4 is 23.2 Å². The standard InChI is InChI=1S/C11H9Cl2N3O2/c12-9-10(13)14-7-16(11(9)18)6-5-15-4-2-1-3-8(15)17/h1-4,7H,5-6H2. The molecule has 0 aliphatic rings. The maximum absolute atomic E-state index is 11.7. The van der Waals surface area contributed by atoms with Gasteiger partial charge in [-0.1, -0.05) is 29.3 Å². The zero-order valence-electron chi connectivity index (χ0n) is 9.22. The predicted octanol–water partition coefficient (Wildman–Crippen LogP) is 1.41. The molecule has 0 unspecified atom stereocenters. The molecule has 0 amide bonds. The lowest BCUT2D eigenvalue weighted by atomic mass is 10.4. The Kier molecular flexibility index (Phi) is 3.84. The minimum atomic E-state index is -0.416. The number of aromatic nitrogens is 3. The van der Waals surface area contributed by atoms with E-state index >= 15 is 0 Å². The van der Waals surface area contributed by atoms with Gasteiger partial charge >= 0.3 is 0 Å². The van der Waals surface area contributed by atoms with Crippen LogP contribution in [0.15, 0.2) is 40.3 Å². The van der Waals surface area contributed by atoms with Crippen LogP contribution in [0.2, 0.25) is 10.2 Å². The first-order chi connectivity index (χ1) is 8.59. The van der Waals surface area contributed by atoms with E-state index < -0.39 is 5.56 Å². The molecule has 94 valence electrons. The van der Waals surface area contributed by atoms with Crippen LogP contribution in [-0.2, 0) is 13.1 Å². The molecule has 0 aliphatic carbocycles. The highest BCUT2D eigenvalue weighted by Crippen LogP contribution is 2.12. The summed E-state index contributed by atoms with van der Waals surface area (Å²) in [5.74, 6) is 0. The van der Waals surface area contributed by atoms with Gasteiger partial charge in [-0.3, -0.25) is 14.2 Å². The fraction of sp³-hybridized carbons (Fsp3) is 0.182. The molecule has 0 spiro atoms. The van der Waals surface area contributed by atoms with E-state index in [1.54, 1.807) is 18.3 Å². The molecule has 0 saturated heterocycles. The predicted molar refractivity (Wildman–Crippen MR) is 69.2 cm³/mol. The number of hydrogen-bond acceptors (Lipinski definition) is 3. The Morgan fingerprint density at radius 1 is 1.11 bits per heavy atom. The Morgan fingerprint density at radius 2 is 1.83 bits per heavy atom. The highest BCUT2D eigenvalue weighted by atomic mass is 35.5. The summed E-state index contributed by atoms with van der Waals surface area (Å²) >= 11 is 11.3. The molecule has 5 nitrogen and oxygen atoms in total. The van der Waals surface area contributed by atoms with Crippen molar-refractivity contribution in [3.63, 3.8) is 0 Å². The number of rotatable bonds is 3. The topological polar surface area (TPSA) is 56.9 Å². The third-order valence-electron chi connectivity index (χ3n) is 2.42. The molecule has 0 saturated carbocycles. The molecular weight excluding hydrogens is 277 g/mol. The van der Waals surface area contributed by atoms with Crippen LogP contribution in [0.5, 0.6) is 0 Å². The monoisotopic (exact) mass is 285 g/mol. The van der Waals surface area contributed by atoms with E-state index in [4.69, 9.17) is 23.2 Å². The van der Waals surface area contributed by atoms with Gasteiger partial charge in [0.05, 0.1) is 6.33 Å². The third-order valence-corrected chi connectivity index (χ3v) is 3.14. The molecule has 0 N–H and O–H groups in total. The van der Waals surface area contributed by atoms with Crippen LogP contribution in [0, 0.1) is 0 Å². The minimum absolute atomic E-state index is 0.0187. The van der Waals surface area contributed by atoms with E-state index in [2.05, 4.69) is 4.98 Å². The van der Waals surface area contributed by atoms with Crippen molar-refractivity contribution in [3.05, 3.63) is 61.6 Å². The van der Waals surface area contributed by atoms with Gasteiger partial charge in [0.15, 0.2) is 5.15 Å². The summed E-state index contributed by atoms with van der Waals surface area (Å²) in [5.41, 5.74) is -0.542. The molecule has 0 bridgehead atoms. The lowest BCUT2D eigenvalue weighted by molar-refractivity contribution is 0.546. The van der Waals surface area contributed by atoms with Crippen molar-refractivity contribution in [1.82, 2.24) is 14.1 Å². The van der Waals surface area contributed by atoms with Gasteiger partial charge in [-0.2, -0.15) is 0 Å². The Bertz CT molecular complexity index is 678. The second-order valence-corrected chi connectivity index (χ2v) is 4.32. The maximum atomic E-state index is 11.7. The van der Waals surface area contributed by atoms with Gasteiger partial charge in [-0.25, -0.2) is 4.98 Å². The van der Waals surface area contributed by atoms with E-state index in [9.17, 15) is 9.59 Å². The fourth-order valence-electron chi connectivity index (χ4n) is 1.46. The molecule has 0 radical (unpaired) electrons. The summed E-state index contributed by atoms with van der Waals surface area (Å²) in [6, 6.07) is 4.86. The summed E-state index contributed by atoms with van der Waals surface area (Å²) in [6.07, 6.45) is 2.96. The first kappa shape index (κ1) is 12.9. The number of halogens is 2. The highest BCUT2D eigenvalue weighted by molar-refractivity contribution is 6.40. The Labute approximate surface area is 112 Å². The summed E-state index contributed by atoms with van der Waals surface area (Å²) in [6.45, 7) is 0.659. The number of pyridine rings is 1. The Hall–Kier alpha value is -1.59. The third kappa shape index (κ3) is 2.63. The van der Waals surface area contributed by atoms with E-state index in [1.807, 2.05) is 0 Å². The van der Waals surface area contributed by atoms with Gasteiger partial charge in [0, 0.05) is 25.4 Å². The molecular formula is C11H9Cl2N3O2. The van der Waals surface area contributed by atoms with Crippen molar-refractivity contribution in [2.45, 2.75) is 13.1 Å².